The van der Waals surface area contributed by atoms with E-state index in [0.29, 0.717) is 0 Å². The molecule has 0 saturated heterocycles. The molecule has 96 valence electrons. The molecule has 1 aromatic rings. The molecule has 0 spiro atoms. The van der Waals surface area contributed by atoms with Crippen LogP contribution in [0, 0.1) is 6.92 Å². The van der Waals surface area contributed by atoms with Gasteiger partial charge in [0.05, 0.1) is 6.61 Å². The van der Waals surface area contributed by atoms with Gasteiger partial charge in [-0.1, -0.05) is 0 Å². The minimum absolute atomic E-state index is 0.734. The molecule has 0 radical (unpaired) electrons. The Morgan fingerprint density at radius 2 is 2.18 bits per heavy atom. The summed E-state index contributed by atoms with van der Waals surface area (Å²) in [5.41, 5.74) is 1.19. The maximum Gasteiger partial charge on any atom is 0.213 e. The van der Waals surface area contributed by atoms with Crippen molar-refractivity contribution in [3.8, 4) is 5.88 Å². The molecule has 0 saturated carbocycles. The van der Waals surface area contributed by atoms with Crippen LogP contribution in [0.4, 0.5) is 0 Å². The molecule has 0 unspecified atom stereocenters. The SMILES string of the molecule is Cc1ccnc(OCCCCCNCCS)c1. The predicted octanol–water partition coefficient (Wildman–Crippen LogP) is 2.46. The van der Waals surface area contributed by atoms with E-state index in [-0.39, 0.29) is 0 Å². The molecule has 4 heteroatoms. The van der Waals surface area contributed by atoms with Gasteiger partial charge in [-0.05, 0) is 44.4 Å². The third kappa shape index (κ3) is 7.23. The van der Waals surface area contributed by atoms with Crippen LogP contribution < -0.4 is 10.1 Å². The van der Waals surface area contributed by atoms with Crippen molar-refractivity contribution in [1.29, 1.82) is 0 Å². The smallest absolute Gasteiger partial charge is 0.213 e. The summed E-state index contributed by atoms with van der Waals surface area (Å²) in [5.74, 6) is 1.64. The normalized spacial score (nSPS) is 10.5. The number of pyridine rings is 1. The molecule has 0 aliphatic carbocycles. The van der Waals surface area contributed by atoms with Crippen molar-refractivity contribution >= 4 is 12.6 Å². The van der Waals surface area contributed by atoms with Gasteiger partial charge in [0.15, 0.2) is 0 Å². The second-order valence-corrected chi connectivity index (χ2v) is 4.50. The molecule has 0 bridgehead atoms. The van der Waals surface area contributed by atoms with Crippen LogP contribution in [0.5, 0.6) is 5.88 Å². The zero-order chi connectivity index (χ0) is 12.3. The third-order valence-electron chi connectivity index (χ3n) is 2.43. The van der Waals surface area contributed by atoms with Gasteiger partial charge in [-0.15, -0.1) is 0 Å². The number of rotatable bonds is 9. The molecule has 1 rings (SSSR count). The van der Waals surface area contributed by atoms with Gasteiger partial charge >= 0.3 is 0 Å². The minimum atomic E-state index is 0.734. The third-order valence-corrected chi connectivity index (χ3v) is 2.65. The summed E-state index contributed by atoms with van der Waals surface area (Å²) in [7, 11) is 0. The summed E-state index contributed by atoms with van der Waals surface area (Å²) in [4.78, 5) is 4.15. The molecular weight excluding hydrogens is 232 g/mol. The van der Waals surface area contributed by atoms with E-state index < -0.39 is 0 Å². The zero-order valence-electron chi connectivity index (χ0n) is 10.5. The lowest BCUT2D eigenvalue weighted by atomic mass is 10.2. The first kappa shape index (κ1) is 14.3. The monoisotopic (exact) mass is 254 g/mol. The number of nitrogens with zero attached hydrogens (tertiary/aromatic N) is 1. The van der Waals surface area contributed by atoms with E-state index >= 15 is 0 Å². The number of unbranched alkanes of at least 4 members (excludes halogenated alkanes) is 2. The standard InChI is InChI=1S/C13H22N2OS/c1-12-5-7-15-13(11-12)16-9-4-2-3-6-14-8-10-17/h5,7,11,14,17H,2-4,6,8-10H2,1H3. The summed E-state index contributed by atoms with van der Waals surface area (Å²) >= 11 is 4.14. The Morgan fingerprint density at radius 1 is 1.29 bits per heavy atom. The van der Waals surface area contributed by atoms with Crippen molar-refractivity contribution in [2.24, 2.45) is 0 Å². The molecule has 1 aromatic heterocycles. The van der Waals surface area contributed by atoms with Crippen LogP contribution in [0.15, 0.2) is 18.3 Å². The van der Waals surface area contributed by atoms with Crippen molar-refractivity contribution in [2.45, 2.75) is 26.2 Å². The molecule has 1 heterocycles. The fraction of sp³-hybridized carbons (Fsp3) is 0.615. The second-order valence-electron chi connectivity index (χ2n) is 4.05. The summed E-state index contributed by atoms with van der Waals surface area (Å²) in [5, 5.41) is 3.32. The first-order chi connectivity index (χ1) is 8.33. The van der Waals surface area contributed by atoms with Crippen molar-refractivity contribution < 1.29 is 4.74 Å². The molecule has 0 aliphatic rings. The van der Waals surface area contributed by atoms with Crippen molar-refractivity contribution in [1.82, 2.24) is 10.3 Å². The van der Waals surface area contributed by atoms with E-state index in [9.17, 15) is 0 Å². The van der Waals surface area contributed by atoms with Gasteiger partial charge in [0.25, 0.3) is 0 Å². The second kappa shape index (κ2) is 9.31. The maximum absolute atomic E-state index is 5.57. The Morgan fingerprint density at radius 3 is 2.94 bits per heavy atom. The lowest BCUT2D eigenvalue weighted by molar-refractivity contribution is 0.293. The maximum atomic E-state index is 5.57. The van der Waals surface area contributed by atoms with Crippen LogP contribution in [0.25, 0.3) is 0 Å². The zero-order valence-corrected chi connectivity index (χ0v) is 11.4. The van der Waals surface area contributed by atoms with Gasteiger partial charge in [-0.2, -0.15) is 12.6 Å². The van der Waals surface area contributed by atoms with E-state index in [2.05, 4.69) is 22.9 Å². The summed E-state index contributed by atoms with van der Waals surface area (Å²) in [6, 6.07) is 3.94. The Bertz CT molecular complexity index is 307. The lowest BCUT2D eigenvalue weighted by Gasteiger charge is -2.06. The molecule has 0 atom stereocenters. The van der Waals surface area contributed by atoms with Crippen LogP contribution in [-0.2, 0) is 0 Å². The quantitative estimate of drug-likeness (QED) is 0.525. The number of thiol groups is 1. The first-order valence-corrected chi connectivity index (χ1v) is 6.83. The van der Waals surface area contributed by atoms with Crippen LogP contribution in [-0.4, -0.2) is 30.4 Å². The summed E-state index contributed by atoms with van der Waals surface area (Å²) in [6.45, 7) is 4.86. The van der Waals surface area contributed by atoms with Crippen molar-refractivity contribution in [3.05, 3.63) is 23.9 Å². The van der Waals surface area contributed by atoms with Crippen molar-refractivity contribution in [2.75, 3.05) is 25.4 Å². The van der Waals surface area contributed by atoms with Crippen LogP contribution in [0.3, 0.4) is 0 Å². The fourth-order valence-corrected chi connectivity index (χ4v) is 1.66. The summed E-state index contributed by atoms with van der Waals surface area (Å²) < 4.78 is 5.57. The van der Waals surface area contributed by atoms with E-state index in [0.717, 1.165) is 37.8 Å². The number of nitrogens with one attached hydrogen (secondary N) is 1. The average Bonchev–Trinajstić information content (AvgIpc) is 2.33. The van der Waals surface area contributed by atoms with Gasteiger partial charge in [-0.25, -0.2) is 4.98 Å². The molecule has 1 N–H and O–H groups in total. The van der Waals surface area contributed by atoms with Crippen molar-refractivity contribution in [3.63, 3.8) is 0 Å². The Hall–Kier alpha value is -0.740. The molecule has 0 aromatic carbocycles. The summed E-state index contributed by atoms with van der Waals surface area (Å²) in [6.07, 6.45) is 5.24. The average molecular weight is 254 g/mol. The van der Waals surface area contributed by atoms with Gasteiger partial charge in [0.2, 0.25) is 5.88 Å². The highest BCUT2D eigenvalue weighted by atomic mass is 32.1. The Labute approximate surface area is 109 Å². The molecule has 17 heavy (non-hydrogen) atoms. The molecule has 3 nitrogen and oxygen atoms in total. The number of hydrogen-bond acceptors (Lipinski definition) is 4. The molecule has 0 aliphatic heterocycles. The minimum Gasteiger partial charge on any atom is -0.478 e. The van der Waals surface area contributed by atoms with E-state index in [4.69, 9.17) is 4.74 Å². The molecule has 0 fully saturated rings. The van der Waals surface area contributed by atoms with Gasteiger partial charge in [0.1, 0.15) is 0 Å². The Balaban J connectivity index is 1.97. The highest BCUT2D eigenvalue weighted by Crippen LogP contribution is 2.08. The fourth-order valence-electron chi connectivity index (χ4n) is 1.50. The molecule has 0 amide bonds. The van der Waals surface area contributed by atoms with Crippen LogP contribution >= 0.6 is 12.6 Å². The van der Waals surface area contributed by atoms with Gasteiger partial charge < -0.3 is 10.1 Å². The highest BCUT2D eigenvalue weighted by molar-refractivity contribution is 7.80. The predicted molar refractivity (Wildman–Crippen MR) is 75.0 cm³/mol. The largest absolute Gasteiger partial charge is 0.478 e. The topological polar surface area (TPSA) is 34.1 Å². The number of aryl methyl sites for hydroxylation is 1. The van der Waals surface area contributed by atoms with Gasteiger partial charge in [0, 0.05) is 24.6 Å². The molecular formula is C13H22N2OS. The first-order valence-electron chi connectivity index (χ1n) is 6.20. The van der Waals surface area contributed by atoms with E-state index in [1.165, 1.54) is 18.4 Å². The van der Waals surface area contributed by atoms with Gasteiger partial charge in [-0.3, -0.25) is 0 Å². The van der Waals surface area contributed by atoms with Crippen LogP contribution in [0.2, 0.25) is 0 Å². The van der Waals surface area contributed by atoms with E-state index in [1.807, 2.05) is 19.1 Å². The number of aromatic nitrogens is 1. The number of ether oxygens (including phenoxy) is 1. The van der Waals surface area contributed by atoms with E-state index in [1.54, 1.807) is 6.20 Å². The Kier molecular flexibility index (Phi) is 7.84. The highest BCUT2D eigenvalue weighted by Gasteiger charge is 1.95. The van der Waals surface area contributed by atoms with Crippen LogP contribution in [0.1, 0.15) is 24.8 Å². The number of hydrogen-bond donors (Lipinski definition) is 2. The lowest BCUT2D eigenvalue weighted by Crippen LogP contribution is -2.17.